The number of aryl methyl sites for hydroxylation is 1. The van der Waals surface area contributed by atoms with Crippen LogP contribution in [0.15, 0.2) is 12.1 Å². The van der Waals surface area contributed by atoms with Crippen molar-refractivity contribution in [1.82, 2.24) is 10.3 Å². The van der Waals surface area contributed by atoms with Gasteiger partial charge in [-0.25, -0.2) is 4.98 Å². The van der Waals surface area contributed by atoms with Gasteiger partial charge in [-0.3, -0.25) is 0 Å². The fraction of sp³-hybridized carbons (Fsp3) is 0.625. The second kappa shape index (κ2) is 5.80. The third-order valence-corrected chi connectivity index (χ3v) is 4.25. The molecule has 106 valence electrons. The highest BCUT2D eigenvalue weighted by atomic mass is 15.2. The smallest absolute Gasteiger partial charge is 0.147 e. The normalized spacial score (nSPS) is 22.3. The molecular formula is C16H22N4. The molecule has 2 heterocycles. The molecule has 20 heavy (non-hydrogen) atoms. The van der Waals surface area contributed by atoms with Gasteiger partial charge < -0.3 is 10.2 Å². The number of pyridine rings is 1. The highest BCUT2D eigenvalue weighted by Crippen LogP contribution is 2.33. The molecule has 1 aliphatic heterocycles. The van der Waals surface area contributed by atoms with E-state index in [2.05, 4.69) is 21.3 Å². The van der Waals surface area contributed by atoms with Gasteiger partial charge >= 0.3 is 0 Å². The Kier molecular flexibility index (Phi) is 3.88. The SMILES string of the molecule is Cc1ccc(C#N)c(N(CC2CCCNC2)C2CC2)n1. The highest BCUT2D eigenvalue weighted by molar-refractivity contribution is 5.55. The molecule has 1 saturated heterocycles. The number of hydrogen-bond acceptors (Lipinski definition) is 4. The lowest BCUT2D eigenvalue weighted by Crippen LogP contribution is -2.40. The van der Waals surface area contributed by atoms with E-state index in [1.54, 1.807) is 0 Å². The molecule has 2 aliphatic rings. The molecule has 1 N–H and O–H groups in total. The van der Waals surface area contributed by atoms with Crippen LogP contribution in [0.5, 0.6) is 0 Å². The molecule has 0 aromatic carbocycles. The van der Waals surface area contributed by atoms with Gasteiger partial charge in [-0.15, -0.1) is 0 Å². The van der Waals surface area contributed by atoms with Crippen LogP contribution >= 0.6 is 0 Å². The van der Waals surface area contributed by atoms with E-state index in [-0.39, 0.29) is 0 Å². The van der Waals surface area contributed by atoms with Crippen LogP contribution in [-0.2, 0) is 0 Å². The number of anilines is 1. The fourth-order valence-electron chi connectivity index (χ4n) is 3.00. The summed E-state index contributed by atoms with van der Waals surface area (Å²) in [6, 6.07) is 6.73. The third-order valence-electron chi connectivity index (χ3n) is 4.25. The number of nitriles is 1. The van der Waals surface area contributed by atoms with Gasteiger partial charge in [-0.1, -0.05) is 0 Å². The maximum atomic E-state index is 9.34. The van der Waals surface area contributed by atoms with Crippen molar-refractivity contribution in [3.05, 3.63) is 23.4 Å². The van der Waals surface area contributed by atoms with Crippen molar-refractivity contribution in [1.29, 1.82) is 5.26 Å². The van der Waals surface area contributed by atoms with Crippen molar-refractivity contribution in [2.24, 2.45) is 5.92 Å². The monoisotopic (exact) mass is 270 g/mol. The molecule has 1 atom stereocenters. The average Bonchev–Trinajstić information content (AvgIpc) is 3.30. The van der Waals surface area contributed by atoms with Crippen LogP contribution in [0.1, 0.15) is 36.9 Å². The molecular weight excluding hydrogens is 248 g/mol. The second-order valence-corrected chi connectivity index (χ2v) is 6.03. The van der Waals surface area contributed by atoms with E-state index in [1.807, 2.05) is 19.1 Å². The van der Waals surface area contributed by atoms with Gasteiger partial charge in [-0.2, -0.15) is 5.26 Å². The lowest BCUT2D eigenvalue weighted by molar-refractivity contribution is 0.375. The number of nitrogens with one attached hydrogen (secondary N) is 1. The van der Waals surface area contributed by atoms with E-state index in [1.165, 1.54) is 25.7 Å². The molecule has 1 unspecified atom stereocenters. The summed E-state index contributed by atoms with van der Waals surface area (Å²) < 4.78 is 0. The minimum absolute atomic E-state index is 0.596. The van der Waals surface area contributed by atoms with Crippen LogP contribution in [0, 0.1) is 24.2 Å². The largest absolute Gasteiger partial charge is 0.352 e. The zero-order chi connectivity index (χ0) is 13.9. The molecule has 0 spiro atoms. The number of rotatable bonds is 4. The Bertz CT molecular complexity index is 510. The second-order valence-electron chi connectivity index (χ2n) is 6.03. The molecule has 1 saturated carbocycles. The standard InChI is InChI=1S/C16H22N4/c1-12-4-5-14(9-17)16(19-12)20(15-6-7-15)11-13-3-2-8-18-10-13/h4-5,13,15,18H,2-3,6-8,10-11H2,1H3. The summed E-state index contributed by atoms with van der Waals surface area (Å²) >= 11 is 0. The predicted molar refractivity (Wildman–Crippen MR) is 79.7 cm³/mol. The van der Waals surface area contributed by atoms with Crippen LogP contribution in [0.4, 0.5) is 5.82 Å². The Morgan fingerprint density at radius 3 is 2.90 bits per heavy atom. The fourth-order valence-corrected chi connectivity index (χ4v) is 3.00. The van der Waals surface area contributed by atoms with E-state index < -0.39 is 0 Å². The van der Waals surface area contributed by atoms with Crippen LogP contribution in [0.2, 0.25) is 0 Å². The quantitative estimate of drug-likeness (QED) is 0.911. The Hall–Kier alpha value is -1.60. The Morgan fingerprint density at radius 2 is 2.25 bits per heavy atom. The summed E-state index contributed by atoms with van der Waals surface area (Å²) in [5.41, 5.74) is 1.71. The molecule has 1 aliphatic carbocycles. The number of hydrogen-bond donors (Lipinski definition) is 1. The van der Waals surface area contributed by atoms with E-state index >= 15 is 0 Å². The van der Waals surface area contributed by atoms with Crippen molar-refractivity contribution < 1.29 is 0 Å². The molecule has 4 heteroatoms. The molecule has 0 bridgehead atoms. The maximum absolute atomic E-state index is 9.34. The first-order valence-electron chi connectivity index (χ1n) is 7.63. The number of aromatic nitrogens is 1. The first kappa shape index (κ1) is 13.4. The Morgan fingerprint density at radius 1 is 1.40 bits per heavy atom. The third kappa shape index (κ3) is 2.94. The molecule has 4 nitrogen and oxygen atoms in total. The lowest BCUT2D eigenvalue weighted by atomic mass is 9.99. The van der Waals surface area contributed by atoms with Gasteiger partial charge in [0.25, 0.3) is 0 Å². The Balaban J connectivity index is 1.83. The highest BCUT2D eigenvalue weighted by Gasteiger charge is 2.33. The summed E-state index contributed by atoms with van der Waals surface area (Å²) in [5.74, 6) is 1.58. The van der Waals surface area contributed by atoms with Crippen LogP contribution in [0.3, 0.4) is 0 Å². The summed E-state index contributed by atoms with van der Waals surface area (Å²) in [4.78, 5) is 7.05. The van der Waals surface area contributed by atoms with Crippen molar-refractivity contribution >= 4 is 5.82 Å². The molecule has 1 aromatic rings. The van der Waals surface area contributed by atoms with Crippen molar-refractivity contribution in [2.45, 2.75) is 38.6 Å². The molecule has 1 aromatic heterocycles. The molecule has 3 rings (SSSR count). The Labute approximate surface area is 120 Å². The van der Waals surface area contributed by atoms with Crippen LogP contribution < -0.4 is 10.2 Å². The predicted octanol–water partition coefficient (Wildman–Crippen LogP) is 2.23. The van der Waals surface area contributed by atoms with E-state index in [0.29, 0.717) is 17.5 Å². The van der Waals surface area contributed by atoms with E-state index in [9.17, 15) is 5.26 Å². The topological polar surface area (TPSA) is 52.0 Å². The van der Waals surface area contributed by atoms with Gasteiger partial charge in [-0.05, 0) is 63.7 Å². The van der Waals surface area contributed by atoms with Gasteiger partial charge in [0.1, 0.15) is 11.9 Å². The zero-order valence-corrected chi connectivity index (χ0v) is 12.1. The average molecular weight is 270 g/mol. The van der Waals surface area contributed by atoms with E-state index in [0.717, 1.165) is 31.1 Å². The maximum Gasteiger partial charge on any atom is 0.147 e. The van der Waals surface area contributed by atoms with Crippen molar-refractivity contribution in [2.75, 3.05) is 24.5 Å². The van der Waals surface area contributed by atoms with Gasteiger partial charge in [0.05, 0.1) is 5.56 Å². The van der Waals surface area contributed by atoms with Gasteiger partial charge in [0, 0.05) is 18.3 Å². The van der Waals surface area contributed by atoms with E-state index in [4.69, 9.17) is 0 Å². The van der Waals surface area contributed by atoms with Crippen molar-refractivity contribution in [3.63, 3.8) is 0 Å². The molecule has 2 fully saturated rings. The van der Waals surface area contributed by atoms with Gasteiger partial charge in [0.2, 0.25) is 0 Å². The zero-order valence-electron chi connectivity index (χ0n) is 12.1. The number of piperidine rings is 1. The number of nitrogens with zero attached hydrogens (tertiary/aromatic N) is 3. The van der Waals surface area contributed by atoms with Crippen LogP contribution in [-0.4, -0.2) is 30.7 Å². The molecule has 0 amide bonds. The summed E-state index contributed by atoms with van der Waals surface area (Å²) in [6.07, 6.45) is 5.01. The minimum Gasteiger partial charge on any atom is -0.352 e. The summed E-state index contributed by atoms with van der Waals surface area (Å²) in [7, 11) is 0. The minimum atomic E-state index is 0.596. The first-order valence-corrected chi connectivity index (χ1v) is 7.63. The molecule has 0 radical (unpaired) electrons. The first-order chi connectivity index (χ1) is 9.78. The summed E-state index contributed by atoms with van der Waals surface area (Å²) in [5, 5.41) is 12.8. The van der Waals surface area contributed by atoms with Crippen LogP contribution in [0.25, 0.3) is 0 Å². The summed E-state index contributed by atoms with van der Waals surface area (Å²) in [6.45, 7) is 5.27. The lowest BCUT2D eigenvalue weighted by Gasteiger charge is -2.31. The van der Waals surface area contributed by atoms with Crippen molar-refractivity contribution in [3.8, 4) is 6.07 Å². The van der Waals surface area contributed by atoms with Gasteiger partial charge in [0.15, 0.2) is 0 Å².